The molecule has 1 atom stereocenters. The van der Waals surface area contributed by atoms with Gasteiger partial charge < -0.3 is 20.6 Å². The summed E-state index contributed by atoms with van der Waals surface area (Å²) in [7, 11) is 0. The van der Waals surface area contributed by atoms with E-state index in [0.717, 1.165) is 29.5 Å². The number of anilines is 3. The average molecular weight is 571 g/mol. The minimum Gasteiger partial charge on any atom is -0.373 e. The molecule has 0 radical (unpaired) electrons. The molecule has 1 aromatic carbocycles. The fraction of sp³-hybridized carbons (Fsp3) is 0.308. The van der Waals surface area contributed by atoms with Crippen molar-refractivity contribution in [3.63, 3.8) is 0 Å². The highest BCUT2D eigenvalue weighted by molar-refractivity contribution is 7.15. The van der Waals surface area contributed by atoms with Gasteiger partial charge in [0, 0.05) is 43.4 Å². The van der Waals surface area contributed by atoms with Crippen molar-refractivity contribution in [2.24, 2.45) is 0 Å². The molecule has 14 heteroatoms. The quantitative estimate of drug-likeness (QED) is 0.204. The molecule has 1 fully saturated rings. The Kier molecular flexibility index (Phi) is 8.45. The number of rotatable bonds is 9. The van der Waals surface area contributed by atoms with Crippen molar-refractivity contribution in [1.29, 1.82) is 0 Å². The normalized spacial score (nSPS) is 14.7. The van der Waals surface area contributed by atoms with Crippen molar-refractivity contribution in [1.82, 2.24) is 25.4 Å². The van der Waals surface area contributed by atoms with Crippen LogP contribution in [0, 0.1) is 17.5 Å². The number of piperidine rings is 1. The number of hydrogen-bond acceptors (Lipinski definition) is 10. The number of aromatic nitrogens is 5. The Morgan fingerprint density at radius 1 is 1.05 bits per heavy atom. The summed E-state index contributed by atoms with van der Waals surface area (Å²) in [5.74, 6) is -2.45. The van der Waals surface area contributed by atoms with Crippen LogP contribution >= 0.6 is 11.3 Å². The van der Waals surface area contributed by atoms with Gasteiger partial charge in [-0.05, 0) is 48.7 Å². The Labute approximate surface area is 231 Å². The van der Waals surface area contributed by atoms with Crippen molar-refractivity contribution in [2.75, 3.05) is 28.6 Å². The molecule has 208 valence electrons. The molecule has 3 aromatic heterocycles. The van der Waals surface area contributed by atoms with E-state index in [1.54, 1.807) is 24.5 Å². The number of halogens is 3. The molecule has 4 aromatic rings. The number of aliphatic hydroxyl groups is 1. The van der Waals surface area contributed by atoms with Crippen LogP contribution in [0.3, 0.4) is 0 Å². The molecule has 4 heterocycles. The van der Waals surface area contributed by atoms with E-state index in [2.05, 4.69) is 40.9 Å². The van der Waals surface area contributed by atoms with E-state index in [-0.39, 0.29) is 18.2 Å². The number of benzene rings is 1. The van der Waals surface area contributed by atoms with Gasteiger partial charge in [0.15, 0.2) is 23.3 Å². The lowest BCUT2D eigenvalue weighted by Crippen LogP contribution is -2.33. The van der Waals surface area contributed by atoms with Crippen LogP contribution in [-0.4, -0.2) is 55.7 Å². The number of nitrogens with zero attached hydrogens (tertiary/aromatic N) is 6. The van der Waals surface area contributed by atoms with Crippen LogP contribution in [0.4, 0.5) is 29.9 Å². The molecule has 40 heavy (non-hydrogen) atoms. The molecule has 0 spiro atoms. The first kappa shape index (κ1) is 27.4. The van der Waals surface area contributed by atoms with Crippen LogP contribution in [0.5, 0.6) is 0 Å². The van der Waals surface area contributed by atoms with Crippen molar-refractivity contribution in [2.45, 2.75) is 37.8 Å². The van der Waals surface area contributed by atoms with Crippen molar-refractivity contribution < 1.29 is 23.1 Å². The molecule has 1 amide bonds. The lowest BCUT2D eigenvalue weighted by Gasteiger charge is -2.31. The number of carbonyl (C=O) groups excluding carboxylic acids is 1. The summed E-state index contributed by atoms with van der Waals surface area (Å²) in [4.78, 5) is 18.3. The van der Waals surface area contributed by atoms with Crippen molar-refractivity contribution in [3.05, 3.63) is 82.4 Å². The molecule has 1 unspecified atom stereocenters. The van der Waals surface area contributed by atoms with E-state index < -0.39 is 35.7 Å². The summed E-state index contributed by atoms with van der Waals surface area (Å²) >= 11 is 1.25. The number of amides is 1. The largest absolute Gasteiger partial charge is 0.373 e. The Morgan fingerprint density at radius 2 is 1.85 bits per heavy atom. The second-order valence-electron chi connectivity index (χ2n) is 9.26. The molecule has 1 aliphatic heterocycles. The van der Waals surface area contributed by atoms with Gasteiger partial charge >= 0.3 is 0 Å². The van der Waals surface area contributed by atoms with E-state index in [9.17, 15) is 23.1 Å². The second kappa shape index (κ2) is 12.3. The van der Waals surface area contributed by atoms with E-state index in [4.69, 9.17) is 0 Å². The van der Waals surface area contributed by atoms with E-state index in [0.29, 0.717) is 35.9 Å². The third kappa shape index (κ3) is 6.69. The summed E-state index contributed by atoms with van der Waals surface area (Å²) in [6.07, 6.45) is 3.18. The second-order valence-corrected chi connectivity index (χ2v) is 10.3. The summed E-state index contributed by atoms with van der Waals surface area (Å²) in [5.41, 5.74) is 0.261. The Bertz CT molecular complexity index is 1450. The number of aliphatic hydroxyl groups excluding tert-OH is 1. The first-order valence-corrected chi connectivity index (χ1v) is 13.3. The number of pyridine rings is 1. The lowest BCUT2D eigenvalue weighted by molar-refractivity contribution is -0.115. The van der Waals surface area contributed by atoms with Gasteiger partial charge in [0.2, 0.25) is 11.0 Å². The summed E-state index contributed by atoms with van der Waals surface area (Å²) in [6.45, 7) is 1.41. The van der Waals surface area contributed by atoms with Gasteiger partial charge in [0.25, 0.3) is 0 Å². The fourth-order valence-corrected chi connectivity index (χ4v) is 5.35. The van der Waals surface area contributed by atoms with Crippen molar-refractivity contribution in [3.8, 4) is 0 Å². The first-order chi connectivity index (χ1) is 19.4. The number of hydrogen-bond donors (Lipinski definition) is 3. The lowest BCUT2D eigenvalue weighted by atomic mass is 9.98. The van der Waals surface area contributed by atoms with Crippen LogP contribution < -0.4 is 15.5 Å². The summed E-state index contributed by atoms with van der Waals surface area (Å²) in [6, 6.07) is 8.64. The molecule has 3 N–H and O–H groups in total. The van der Waals surface area contributed by atoms with Crippen LogP contribution in [0.1, 0.15) is 34.9 Å². The maximum Gasteiger partial charge on any atom is 0.230 e. The molecule has 0 saturated carbocycles. The number of nitrogens with one attached hydrogen (secondary N) is 2. The van der Waals surface area contributed by atoms with Crippen LogP contribution in [0.25, 0.3) is 0 Å². The molecular formula is C26H25F3N8O2S. The maximum atomic E-state index is 13.9. The van der Waals surface area contributed by atoms with E-state index in [1.807, 2.05) is 12.1 Å². The fourth-order valence-electron chi connectivity index (χ4n) is 4.39. The molecule has 5 rings (SSSR count). The highest BCUT2D eigenvalue weighted by Crippen LogP contribution is 2.33. The highest BCUT2D eigenvalue weighted by atomic mass is 32.1. The molecular weight excluding hydrogens is 545 g/mol. The third-order valence-electron chi connectivity index (χ3n) is 6.44. The molecule has 1 aliphatic rings. The first-order valence-electron chi connectivity index (χ1n) is 12.5. The van der Waals surface area contributed by atoms with Gasteiger partial charge in [0.05, 0.1) is 6.42 Å². The highest BCUT2D eigenvalue weighted by Gasteiger charge is 2.25. The Morgan fingerprint density at radius 3 is 2.58 bits per heavy atom. The Balaban J connectivity index is 1.10. The molecule has 1 saturated heterocycles. The zero-order valence-electron chi connectivity index (χ0n) is 21.1. The molecule has 0 aliphatic carbocycles. The van der Waals surface area contributed by atoms with E-state index >= 15 is 0 Å². The van der Waals surface area contributed by atoms with Crippen molar-refractivity contribution >= 4 is 34.0 Å². The third-order valence-corrected chi connectivity index (χ3v) is 7.46. The molecule has 0 bridgehead atoms. The standard InChI is InChI=1S/C26H25F3N8O2S/c27-18-3-4-19(28)24(29)17(18)13-23(39)32-26-36-35-25(40-26)16-7-10-37(11-8-16)21-6-5-20(33-34-21)31-22(38)12-15-2-1-9-30-14-15/h1-6,9,14,16,23,39H,7-8,10-13H2,(H,32,36)(H,31,33,38). The minimum atomic E-state index is -1.38. The van der Waals surface area contributed by atoms with Gasteiger partial charge in [0.1, 0.15) is 17.1 Å². The minimum absolute atomic E-state index is 0.138. The van der Waals surface area contributed by atoms with E-state index in [1.165, 1.54) is 11.3 Å². The predicted molar refractivity (Wildman–Crippen MR) is 142 cm³/mol. The topological polar surface area (TPSA) is 129 Å². The maximum absolute atomic E-state index is 13.9. The summed E-state index contributed by atoms with van der Waals surface area (Å²) in [5, 5.41) is 33.4. The van der Waals surface area contributed by atoms with Crippen LogP contribution in [0.2, 0.25) is 0 Å². The smallest absolute Gasteiger partial charge is 0.230 e. The molecule has 10 nitrogen and oxygen atoms in total. The monoisotopic (exact) mass is 570 g/mol. The van der Waals surface area contributed by atoms with Crippen LogP contribution in [-0.2, 0) is 17.6 Å². The zero-order valence-corrected chi connectivity index (χ0v) is 21.9. The van der Waals surface area contributed by atoms with Crippen LogP contribution in [0.15, 0.2) is 48.8 Å². The summed E-state index contributed by atoms with van der Waals surface area (Å²) < 4.78 is 41.2. The number of carbonyl (C=O) groups is 1. The van der Waals surface area contributed by atoms with Gasteiger partial charge in [-0.1, -0.05) is 17.4 Å². The SMILES string of the molecule is O=C(Cc1cccnc1)Nc1ccc(N2CCC(c3nnc(NC(O)Cc4c(F)ccc(F)c4F)s3)CC2)nn1. The van der Waals surface area contributed by atoms with Gasteiger partial charge in [-0.15, -0.1) is 20.4 Å². The zero-order chi connectivity index (χ0) is 28.1. The van der Waals surface area contributed by atoms with Gasteiger partial charge in [-0.2, -0.15) is 0 Å². The average Bonchev–Trinajstić information content (AvgIpc) is 3.42. The van der Waals surface area contributed by atoms with Gasteiger partial charge in [-0.3, -0.25) is 9.78 Å². The predicted octanol–water partition coefficient (Wildman–Crippen LogP) is 3.68. The Hall–Kier alpha value is -4.17. The van der Waals surface area contributed by atoms with Gasteiger partial charge in [-0.25, -0.2) is 13.2 Å².